The number of rotatable bonds is 7. The minimum absolute atomic E-state index is 0.0423. The molecule has 0 unspecified atom stereocenters. The molecule has 1 aromatic heterocycles. The molecule has 6 heteroatoms. The molecule has 2 aromatic rings. The second kappa shape index (κ2) is 8.97. The molecule has 130 valence electrons. The summed E-state index contributed by atoms with van der Waals surface area (Å²) in [7, 11) is 0. The molecule has 1 aliphatic rings. The smallest absolute Gasteiger partial charge is 0.242 e. The molecule has 0 saturated carbocycles. The number of amidine groups is 1. The molecule has 1 atom stereocenters. The van der Waals surface area contributed by atoms with E-state index in [0.717, 1.165) is 29.7 Å². The molecular weight excluding hydrogens is 350 g/mol. The van der Waals surface area contributed by atoms with Gasteiger partial charge < -0.3 is 0 Å². The van der Waals surface area contributed by atoms with Crippen LogP contribution in [0.5, 0.6) is 0 Å². The molecule has 1 aliphatic heterocycles. The standard InChI is InChI=1S/C19H21N3OS2/c1-2-3-11-17-18(23)22(14-15-8-5-4-6-9-15)19(25-17)21-20-13-16-10-7-12-24-16/h4-10,12-13,17H,2-3,11,14H2,1H3/b20-13-,21-19+/t17-/m0/s1. The Labute approximate surface area is 156 Å². The first kappa shape index (κ1) is 17.9. The van der Waals surface area contributed by atoms with E-state index in [1.807, 2.05) is 47.8 Å². The van der Waals surface area contributed by atoms with Crippen LogP contribution in [0.15, 0.2) is 58.0 Å². The van der Waals surface area contributed by atoms with Gasteiger partial charge in [0, 0.05) is 4.88 Å². The number of benzene rings is 1. The van der Waals surface area contributed by atoms with E-state index in [1.165, 1.54) is 11.8 Å². The summed E-state index contributed by atoms with van der Waals surface area (Å²) in [5, 5.41) is 11.2. The Kier molecular flexibility index (Phi) is 6.42. The van der Waals surface area contributed by atoms with Crippen molar-refractivity contribution in [2.24, 2.45) is 10.2 Å². The molecule has 0 aliphatic carbocycles. The van der Waals surface area contributed by atoms with Crippen molar-refractivity contribution < 1.29 is 4.79 Å². The van der Waals surface area contributed by atoms with Crippen LogP contribution in [-0.2, 0) is 11.3 Å². The summed E-state index contributed by atoms with van der Waals surface area (Å²) >= 11 is 3.15. The summed E-state index contributed by atoms with van der Waals surface area (Å²) in [4.78, 5) is 15.6. The zero-order valence-corrected chi connectivity index (χ0v) is 15.8. The second-order valence-electron chi connectivity index (χ2n) is 5.80. The van der Waals surface area contributed by atoms with Crippen LogP contribution in [0.2, 0.25) is 0 Å². The lowest BCUT2D eigenvalue weighted by molar-refractivity contribution is -0.126. The quantitative estimate of drug-likeness (QED) is 0.520. The SMILES string of the molecule is CCCC[C@@H]1S/C(=N/N=C\c2cccs2)N(Cc2ccccc2)C1=O. The molecule has 1 saturated heterocycles. The van der Waals surface area contributed by atoms with Crippen molar-refractivity contribution in [3.63, 3.8) is 0 Å². The summed E-state index contributed by atoms with van der Waals surface area (Å²) in [6.07, 6.45) is 4.77. The van der Waals surface area contributed by atoms with E-state index in [0.29, 0.717) is 11.7 Å². The van der Waals surface area contributed by atoms with Gasteiger partial charge >= 0.3 is 0 Å². The molecule has 2 heterocycles. The lowest BCUT2D eigenvalue weighted by atomic mass is 10.1. The van der Waals surface area contributed by atoms with Gasteiger partial charge in [0.25, 0.3) is 0 Å². The van der Waals surface area contributed by atoms with Gasteiger partial charge in [0.05, 0.1) is 18.0 Å². The monoisotopic (exact) mass is 371 g/mol. The van der Waals surface area contributed by atoms with E-state index in [4.69, 9.17) is 0 Å². The predicted octanol–water partition coefficient (Wildman–Crippen LogP) is 4.77. The molecule has 25 heavy (non-hydrogen) atoms. The number of unbranched alkanes of at least 4 members (excludes halogenated alkanes) is 1. The molecule has 1 aromatic carbocycles. The Morgan fingerprint density at radius 3 is 2.76 bits per heavy atom. The van der Waals surface area contributed by atoms with E-state index in [-0.39, 0.29) is 11.2 Å². The first-order valence-corrected chi connectivity index (χ1v) is 10.2. The van der Waals surface area contributed by atoms with Gasteiger partial charge in [0.2, 0.25) is 5.91 Å². The second-order valence-corrected chi connectivity index (χ2v) is 7.95. The maximum Gasteiger partial charge on any atom is 0.242 e. The lowest BCUT2D eigenvalue weighted by Crippen LogP contribution is -2.31. The van der Waals surface area contributed by atoms with Crippen molar-refractivity contribution in [1.29, 1.82) is 0 Å². The fraction of sp³-hybridized carbons (Fsp3) is 0.316. The Bertz CT molecular complexity index is 741. The van der Waals surface area contributed by atoms with Gasteiger partial charge in [-0.1, -0.05) is 67.9 Å². The Balaban J connectivity index is 1.77. The highest BCUT2D eigenvalue weighted by atomic mass is 32.2. The highest BCUT2D eigenvalue weighted by Gasteiger charge is 2.37. The van der Waals surface area contributed by atoms with Crippen molar-refractivity contribution in [2.45, 2.75) is 38.0 Å². The average molecular weight is 372 g/mol. The number of thiophene rings is 1. The number of carbonyl (C=O) groups is 1. The fourth-order valence-corrected chi connectivity index (χ4v) is 4.29. The molecule has 3 rings (SSSR count). The van der Waals surface area contributed by atoms with Gasteiger partial charge in [-0.15, -0.1) is 16.4 Å². The molecule has 4 nitrogen and oxygen atoms in total. The van der Waals surface area contributed by atoms with E-state index >= 15 is 0 Å². The summed E-state index contributed by atoms with van der Waals surface area (Å²) in [5.41, 5.74) is 1.10. The molecule has 1 amide bonds. The van der Waals surface area contributed by atoms with Crippen LogP contribution in [0.4, 0.5) is 0 Å². The van der Waals surface area contributed by atoms with Gasteiger partial charge in [0.15, 0.2) is 5.17 Å². The van der Waals surface area contributed by atoms with E-state index in [9.17, 15) is 4.79 Å². The maximum absolute atomic E-state index is 12.8. The Hall–Kier alpha value is -1.92. The molecule has 0 N–H and O–H groups in total. The van der Waals surface area contributed by atoms with Crippen LogP contribution in [0.3, 0.4) is 0 Å². The normalized spacial score (nSPS) is 19.4. The van der Waals surface area contributed by atoms with E-state index in [2.05, 4.69) is 17.1 Å². The maximum atomic E-state index is 12.8. The zero-order chi connectivity index (χ0) is 17.5. The average Bonchev–Trinajstić information content (AvgIpc) is 3.25. The van der Waals surface area contributed by atoms with Crippen LogP contribution in [-0.4, -0.2) is 27.4 Å². The highest BCUT2D eigenvalue weighted by Crippen LogP contribution is 2.32. The van der Waals surface area contributed by atoms with E-state index < -0.39 is 0 Å². The van der Waals surface area contributed by atoms with Gasteiger partial charge in [0.1, 0.15) is 0 Å². The van der Waals surface area contributed by atoms with Crippen LogP contribution >= 0.6 is 23.1 Å². The van der Waals surface area contributed by atoms with Crippen LogP contribution in [0, 0.1) is 0 Å². The lowest BCUT2D eigenvalue weighted by Gasteiger charge is -2.15. The molecule has 0 radical (unpaired) electrons. The van der Waals surface area contributed by atoms with Crippen molar-refractivity contribution in [1.82, 2.24) is 4.90 Å². The van der Waals surface area contributed by atoms with Gasteiger partial charge in [-0.2, -0.15) is 5.10 Å². The minimum atomic E-state index is -0.0423. The van der Waals surface area contributed by atoms with Crippen molar-refractivity contribution >= 4 is 40.4 Å². The minimum Gasteiger partial charge on any atom is -0.284 e. The summed E-state index contributed by atoms with van der Waals surface area (Å²) < 4.78 is 0. The van der Waals surface area contributed by atoms with Crippen molar-refractivity contribution in [3.8, 4) is 0 Å². The number of carbonyl (C=O) groups excluding carboxylic acids is 1. The third kappa shape index (κ3) is 4.80. The molecular formula is C19H21N3OS2. The van der Waals surface area contributed by atoms with Crippen molar-refractivity contribution in [2.75, 3.05) is 0 Å². The third-order valence-corrected chi connectivity index (χ3v) is 5.94. The molecule has 0 bridgehead atoms. The largest absolute Gasteiger partial charge is 0.284 e. The van der Waals surface area contributed by atoms with Gasteiger partial charge in [-0.05, 0) is 23.4 Å². The van der Waals surface area contributed by atoms with Crippen LogP contribution in [0.1, 0.15) is 36.6 Å². The Morgan fingerprint density at radius 1 is 1.20 bits per heavy atom. The third-order valence-electron chi connectivity index (χ3n) is 3.89. The fourth-order valence-electron chi connectivity index (χ4n) is 2.57. The molecule has 1 fully saturated rings. The summed E-state index contributed by atoms with van der Waals surface area (Å²) in [6, 6.07) is 14.0. The van der Waals surface area contributed by atoms with E-state index in [1.54, 1.807) is 22.5 Å². The van der Waals surface area contributed by atoms with Crippen LogP contribution in [0.25, 0.3) is 0 Å². The summed E-state index contributed by atoms with van der Waals surface area (Å²) in [5.74, 6) is 0.146. The Morgan fingerprint density at radius 2 is 2.04 bits per heavy atom. The topological polar surface area (TPSA) is 45.0 Å². The number of thioether (sulfide) groups is 1. The van der Waals surface area contributed by atoms with Crippen molar-refractivity contribution in [3.05, 3.63) is 58.3 Å². The first-order chi connectivity index (χ1) is 12.3. The number of amides is 1. The number of nitrogens with zero attached hydrogens (tertiary/aromatic N) is 3. The van der Waals surface area contributed by atoms with Crippen LogP contribution < -0.4 is 0 Å². The van der Waals surface area contributed by atoms with Gasteiger partial charge in [-0.25, -0.2) is 0 Å². The summed E-state index contributed by atoms with van der Waals surface area (Å²) in [6.45, 7) is 2.69. The first-order valence-electron chi connectivity index (χ1n) is 8.44. The zero-order valence-electron chi connectivity index (χ0n) is 14.2. The van der Waals surface area contributed by atoms with Gasteiger partial charge in [-0.3, -0.25) is 9.69 Å². The highest BCUT2D eigenvalue weighted by molar-refractivity contribution is 8.15. The number of hydrogen-bond acceptors (Lipinski definition) is 5. The number of hydrogen-bond donors (Lipinski definition) is 0. The molecule has 0 spiro atoms. The predicted molar refractivity (Wildman–Crippen MR) is 107 cm³/mol.